The molecule has 118 valence electrons. The third-order valence-corrected chi connectivity index (χ3v) is 4.69. The quantitative estimate of drug-likeness (QED) is 0.728. The molecule has 0 aliphatic heterocycles. The Morgan fingerprint density at radius 2 is 1.48 bits per heavy atom. The van der Waals surface area contributed by atoms with Crippen LogP contribution >= 0.6 is 23.1 Å². The van der Waals surface area contributed by atoms with Gasteiger partial charge in [0.15, 0.2) is 0 Å². The lowest BCUT2D eigenvalue weighted by Crippen LogP contribution is -2.29. The Morgan fingerprint density at radius 3 is 2.13 bits per heavy atom. The number of nitrogens with zero attached hydrogens (tertiary/aromatic N) is 2. The van der Waals surface area contributed by atoms with Crippen molar-refractivity contribution in [3.05, 3.63) is 90.4 Å². The van der Waals surface area contributed by atoms with Crippen LogP contribution in [0.3, 0.4) is 0 Å². The lowest BCUT2D eigenvalue weighted by atomic mass is 10.1. The van der Waals surface area contributed by atoms with Crippen LogP contribution in [0.4, 0.5) is 0 Å². The molecule has 3 rings (SSSR count). The van der Waals surface area contributed by atoms with Crippen LogP contribution in [0.5, 0.6) is 0 Å². The van der Waals surface area contributed by atoms with Crippen LogP contribution in [0.1, 0.15) is 16.7 Å². The molecule has 0 fully saturated rings. The van der Waals surface area contributed by atoms with Gasteiger partial charge in [-0.05, 0) is 30.2 Å². The molecule has 6 heteroatoms. The van der Waals surface area contributed by atoms with E-state index in [2.05, 4.69) is 0 Å². The number of benzene rings is 2. The van der Waals surface area contributed by atoms with Crippen molar-refractivity contribution in [2.24, 2.45) is 0 Å². The molecule has 4 nitrogen and oxygen atoms in total. The zero-order valence-electron chi connectivity index (χ0n) is 12.5. The van der Waals surface area contributed by atoms with E-state index in [0.717, 1.165) is 28.2 Å². The van der Waals surface area contributed by atoms with E-state index in [9.17, 15) is 9.59 Å². The van der Waals surface area contributed by atoms with Gasteiger partial charge < -0.3 is 0 Å². The Bertz CT molecular complexity index is 921. The third-order valence-electron chi connectivity index (χ3n) is 3.55. The van der Waals surface area contributed by atoms with Crippen molar-refractivity contribution in [2.45, 2.75) is 20.0 Å². The van der Waals surface area contributed by atoms with Crippen LogP contribution in [-0.4, -0.2) is 8.52 Å². The summed E-state index contributed by atoms with van der Waals surface area (Å²) in [7, 11) is 0. The summed E-state index contributed by atoms with van der Waals surface area (Å²) in [6.07, 6.45) is 0. The van der Waals surface area contributed by atoms with E-state index in [1.165, 1.54) is 8.52 Å². The first kappa shape index (κ1) is 15.8. The second kappa shape index (κ2) is 6.56. The Morgan fingerprint density at radius 1 is 0.913 bits per heavy atom. The van der Waals surface area contributed by atoms with Crippen molar-refractivity contribution in [2.75, 3.05) is 0 Å². The monoisotopic (exact) mass is 346 g/mol. The Kier molecular flexibility index (Phi) is 4.50. The van der Waals surface area contributed by atoms with Crippen molar-refractivity contribution >= 4 is 23.1 Å². The maximum Gasteiger partial charge on any atom is 0.341 e. The maximum absolute atomic E-state index is 12.4. The van der Waals surface area contributed by atoms with Crippen molar-refractivity contribution in [1.29, 1.82) is 0 Å². The summed E-state index contributed by atoms with van der Waals surface area (Å²) in [6, 6.07) is 15.1. The van der Waals surface area contributed by atoms with Crippen LogP contribution in [0.15, 0.2) is 58.1 Å². The van der Waals surface area contributed by atoms with Crippen LogP contribution in [0, 0.1) is 6.92 Å². The molecule has 1 heterocycles. The lowest BCUT2D eigenvalue weighted by Gasteiger charge is -2.02. The number of hydrogen-bond donors (Lipinski definition) is 0. The van der Waals surface area contributed by atoms with E-state index in [-0.39, 0.29) is 17.1 Å². The minimum Gasteiger partial charge on any atom is -0.255 e. The Balaban J connectivity index is 1.87. The molecule has 2 aromatic carbocycles. The minimum atomic E-state index is -0.282. The van der Waals surface area contributed by atoms with Crippen LogP contribution in [0.2, 0.25) is 5.02 Å². The summed E-state index contributed by atoms with van der Waals surface area (Å²) in [6.45, 7) is 2.68. The SMILES string of the molecule is Cc1ccc(Cn2sc(=O)n(Cc3ccc(Cl)cc3)c2=O)cc1. The molecule has 3 aromatic rings. The summed E-state index contributed by atoms with van der Waals surface area (Å²) < 4.78 is 2.74. The molecule has 0 aliphatic carbocycles. The maximum atomic E-state index is 12.4. The molecule has 0 aliphatic rings. The molecule has 0 bridgehead atoms. The molecule has 0 atom stereocenters. The number of rotatable bonds is 4. The summed E-state index contributed by atoms with van der Waals surface area (Å²) in [5, 5.41) is 0.628. The zero-order chi connectivity index (χ0) is 16.4. The van der Waals surface area contributed by atoms with E-state index in [1.807, 2.05) is 43.3 Å². The van der Waals surface area contributed by atoms with Crippen molar-refractivity contribution in [3.63, 3.8) is 0 Å². The van der Waals surface area contributed by atoms with E-state index in [4.69, 9.17) is 11.6 Å². The highest BCUT2D eigenvalue weighted by Crippen LogP contribution is 2.10. The minimum absolute atomic E-state index is 0.253. The molecular weight excluding hydrogens is 332 g/mol. The lowest BCUT2D eigenvalue weighted by molar-refractivity contribution is 0.685. The normalized spacial score (nSPS) is 10.9. The van der Waals surface area contributed by atoms with Crippen molar-refractivity contribution < 1.29 is 0 Å². The van der Waals surface area contributed by atoms with Gasteiger partial charge in [-0.25, -0.2) is 13.3 Å². The smallest absolute Gasteiger partial charge is 0.255 e. The third kappa shape index (κ3) is 3.63. The topological polar surface area (TPSA) is 44.0 Å². The van der Waals surface area contributed by atoms with E-state index in [1.54, 1.807) is 12.1 Å². The van der Waals surface area contributed by atoms with Gasteiger partial charge >= 0.3 is 10.6 Å². The molecule has 0 radical (unpaired) electrons. The Hall–Kier alpha value is -2.11. The summed E-state index contributed by atoms with van der Waals surface area (Å²) in [5.74, 6) is 0. The first-order valence-electron chi connectivity index (χ1n) is 7.14. The summed E-state index contributed by atoms with van der Waals surface area (Å²) >= 11 is 6.80. The standard InChI is InChI=1S/C17H15ClN2O2S/c1-12-2-4-14(5-3-12)11-20-16(21)19(17(22)23-20)10-13-6-8-15(18)9-7-13/h2-9H,10-11H2,1H3. The fourth-order valence-corrected chi connectivity index (χ4v) is 3.21. The average Bonchev–Trinajstić information content (AvgIpc) is 2.79. The molecule has 0 unspecified atom stereocenters. The molecule has 0 saturated carbocycles. The van der Waals surface area contributed by atoms with Gasteiger partial charge in [-0.2, -0.15) is 0 Å². The molecule has 23 heavy (non-hydrogen) atoms. The number of hydrogen-bond acceptors (Lipinski definition) is 3. The highest BCUT2D eigenvalue weighted by molar-refractivity contribution is 7.03. The van der Waals surface area contributed by atoms with Crippen LogP contribution < -0.4 is 10.6 Å². The largest absolute Gasteiger partial charge is 0.341 e. The molecule has 0 N–H and O–H groups in total. The first-order valence-corrected chi connectivity index (χ1v) is 8.29. The average molecular weight is 347 g/mol. The molecular formula is C17H15ClN2O2S. The van der Waals surface area contributed by atoms with E-state index >= 15 is 0 Å². The molecule has 0 spiro atoms. The van der Waals surface area contributed by atoms with Gasteiger partial charge in [-0.3, -0.25) is 4.79 Å². The highest BCUT2D eigenvalue weighted by atomic mass is 35.5. The number of halogens is 1. The van der Waals surface area contributed by atoms with Crippen LogP contribution in [0.25, 0.3) is 0 Å². The summed E-state index contributed by atoms with van der Waals surface area (Å²) in [4.78, 5) is 24.3. The van der Waals surface area contributed by atoms with E-state index in [0.29, 0.717) is 11.6 Å². The molecule has 0 saturated heterocycles. The van der Waals surface area contributed by atoms with Gasteiger partial charge in [0.2, 0.25) is 0 Å². The van der Waals surface area contributed by atoms with Gasteiger partial charge in [0.25, 0.3) is 0 Å². The zero-order valence-corrected chi connectivity index (χ0v) is 14.1. The number of aromatic nitrogens is 2. The second-order valence-electron chi connectivity index (χ2n) is 5.37. The van der Waals surface area contributed by atoms with Gasteiger partial charge in [-0.1, -0.05) is 53.6 Å². The van der Waals surface area contributed by atoms with E-state index < -0.39 is 0 Å². The molecule has 0 amide bonds. The number of aryl methyl sites for hydroxylation is 1. The van der Waals surface area contributed by atoms with Gasteiger partial charge in [0.05, 0.1) is 13.1 Å². The molecule has 1 aromatic heterocycles. The predicted molar refractivity (Wildman–Crippen MR) is 93.7 cm³/mol. The predicted octanol–water partition coefficient (Wildman–Crippen LogP) is 3.13. The summed E-state index contributed by atoms with van der Waals surface area (Å²) in [5.41, 5.74) is 2.75. The van der Waals surface area contributed by atoms with Gasteiger partial charge in [0, 0.05) is 16.6 Å². The highest BCUT2D eigenvalue weighted by Gasteiger charge is 2.11. The Labute approximate surface area is 142 Å². The first-order chi connectivity index (χ1) is 11.0. The fraction of sp³-hybridized carbons (Fsp3) is 0.176. The van der Waals surface area contributed by atoms with Crippen molar-refractivity contribution in [1.82, 2.24) is 8.52 Å². The van der Waals surface area contributed by atoms with Gasteiger partial charge in [-0.15, -0.1) is 0 Å². The van der Waals surface area contributed by atoms with Crippen molar-refractivity contribution in [3.8, 4) is 0 Å². The van der Waals surface area contributed by atoms with Gasteiger partial charge in [0.1, 0.15) is 0 Å². The second-order valence-corrected chi connectivity index (χ2v) is 6.78. The fourth-order valence-electron chi connectivity index (χ4n) is 2.26. The van der Waals surface area contributed by atoms with Crippen LogP contribution in [-0.2, 0) is 13.1 Å².